The molecule has 35 heavy (non-hydrogen) atoms. The predicted octanol–water partition coefficient (Wildman–Crippen LogP) is 5.43. The highest BCUT2D eigenvalue weighted by atomic mass is 35.5. The highest BCUT2D eigenvalue weighted by molar-refractivity contribution is 6.30. The molecule has 0 radical (unpaired) electrons. The molecule has 0 aromatic heterocycles. The number of carbonyl (C=O) groups excluding carboxylic acids is 1. The molecule has 0 saturated carbocycles. The Bertz CT molecular complexity index is 1260. The molecule has 0 aliphatic carbocycles. The Morgan fingerprint density at radius 1 is 0.771 bits per heavy atom. The van der Waals surface area contributed by atoms with E-state index in [1.54, 1.807) is 18.2 Å². The maximum Gasteiger partial charge on any atom is 0.221 e. The largest absolute Gasteiger partial charge is 0.369 e. The lowest BCUT2D eigenvalue weighted by molar-refractivity contribution is -0.117. The highest BCUT2D eigenvalue weighted by Crippen LogP contribution is 2.41. The number of aliphatic imine (C=N–C) groups is 1. The van der Waals surface area contributed by atoms with Gasteiger partial charge in [-0.3, -0.25) is 4.79 Å². The van der Waals surface area contributed by atoms with Gasteiger partial charge in [0.2, 0.25) is 5.91 Å². The number of halogens is 1. The van der Waals surface area contributed by atoms with Crippen LogP contribution >= 0.6 is 11.6 Å². The second kappa shape index (κ2) is 10.8. The molecule has 4 aromatic carbocycles. The Labute approximate surface area is 209 Å². The number of carbonyl (C=O) groups is 1. The fourth-order valence-electron chi connectivity index (χ4n) is 4.20. The summed E-state index contributed by atoms with van der Waals surface area (Å²) in [5, 5.41) is 8.24. The summed E-state index contributed by atoms with van der Waals surface area (Å²) >= 11 is 6.23. The van der Waals surface area contributed by atoms with Crippen molar-refractivity contribution in [3.8, 4) is 0 Å². The van der Waals surface area contributed by atoms with Gasteiger partial charge in [-0.15, -0.1) is 5.11 Å². The zero-order chi connectivity index (χ0) is 24.7. The molecule has 0 aliphatic rings. The minimum Gasteiger partial charge on any atom is -0.369 e. The maximum absolute atomic E-state index is 11.8. The van der Waals surface area contributed by atoms with E-state index in [9.17, 15) is 4.79 Å². The summed E-state index contributed by atoms with van der Waals surface area (Å²) in [6.07, 6.45) is -0.0377. The molecule has 0 bridgehead atoms. The third kappa shape index (κ3) is 5.13. The zero-order valence-corrected chi connectivity index (χ0v) is 19.6. The summed E-state index contributed by atoms with van der Waals surface area (Å²) in [5.74, 6) is 5.29. The molecule has 0 heterocycles. The molecule has 6 nitrogen and oxygen atoms in total. The molecular formula is C28H24ClN5O. The minimum absolute atomic E-state index is 0.0377. The van der Waals surface area contributed by atoms with Gasteiger partial charge in [0.1, 0.15) is 5.54 Å². The maximum atomic E-state index is 11.8. The van der Waals surface area contributed by atoms with E-state index in [0.717, 1.165) is 16.7 Å². The van der Waals surface area contributed by atoms with Crippen LogP contribution in [0.5, 0.6) is 0 Å². The molecule has 0 unspecified atom stereocenters. The van der Waals surface area contributed by atoms with Crippen LogP contribution in [0.4, 0.5) is 0 Å². The van der Waals surface area contributed by atoms with E-state index < -0.39 is 11.4 Å². The standard InChI is InChI=1S/C28H24ClN5O/c29-24-16-17-25(20(18-24)19-26(30)35)27(33-34-31)32-28(21-10-4-1-5-11-21,22-12-6-2-7-13-22)23-14-8-3-9-15-23/h1-18H,19H2,(H2,30,35)(H2,31,32,33). The van der Waals surface area contributed by atoms with E-state index in [4.69, 9.17) is 28.2 Å². The van der Waals surface area contributed by atoms with Crippen molar-refractivity contribution in [1.29, 1.82) is 0 Å². The summed E-state index contributed by atoms with van der Waals surface area (Å²) in [5.41, 5.74) is 8.45. The van der Waals surface area contributed by atoms with Gasteiger partial charge in [-0.25, -0.2) is 4.99 Å². The number of nitrogens with two attached hydrogens (primary N) is 2. The summed E-state index contributed by atoms with van der Waals surface area (Å²) in [6.45, 7) is 0. The topological polar surface area (TPSA) is 106 Å². The molecule has 0 fully saturated rings. The lowest BCUT2D eigenvalue weighted by Crippen LogP contribution is -2.29. The van der Waals surface area contributed by atoms with Gasteiger partial charge >= 0.3 is 0 Å². The second-order valence-corrected chi connectivity index (χ2v) is 8.34. The first-order valence-corrected chi connectivity index (χ1v) is 11.4. The Morgan fingerprint density at radius 3 is 1.69 bits per heavy atom. The van der Waals surface area contributed by atoms with Crippen LogP contribution in [-0.4, -0.2) is 11.7 Å². The lowest BCUT2D eigenvalue weighted by atomic mass is 9.77. The van der Waals surface area contributed by atoms with Crippen LogP contribution in [0.25, 0.3) is 0 Å². The minimum atomic E-state index is -0.989. The van der Waals surface area contributed by atoms with Crippen LogP contribution in [0.15, 0.2) is 125 Å². The molecule has 174 valence electrons. The fourth-order valence-corrected chi connectivity index (χ4v) is 4.39. The molecule has 7 heteroatoms. The number of hydrogen-bond acceptors (Lipinski definition) is 3. The molecule has 0 aliphatic heterocycles. The molecule has 0 spiro atoms. The predicted molar refractivity (Wildman–Crippen MR) is 139 cm³/mol. The monoisotopic (exact) mass is 481 g/mol. The lowest BCUT2D eigenvalue weighted by Gasteiger charge is -2.32. The van der Waals surface area contributed by atoms with Crippen molar-refractivity contribution < 1.29 is 4.79 Å². The van der Waals surface area contributed by atoms with Crippen LogP contribution < -0.4 is 11.6 Å². The molecule has 0 atom stereocenters. The van der Waals surface area contributed by atoms with Crippen molar-refractivity contribution in [2.24, 2.45) is 26.9 Å². The fraction of sp³-hybridized carbons (Fsp3) is 0.0714. The molecule has 4 aromatic rings. The molecule has 0 saturated heterocycles. The molecule has 4 N–H and O–H groups in total. The average molecular weight is 482 g/mol. The van der Waals surface area contributed by atoms with Gasteiger partial charge in [0.15, 0.2) is 5.84 Å². The SMILES string of the molecule is NN=NC(=NC(c1ccccc1)(c1ccccc1)c1ccccc1)c1ccc(Cl)cc1CC(N)=O. The van der Waals surface area contributed by atoms with Crippen molar-refractivity contribution in [3.05, 3.63) is 142 Å². The third-order valence-electron chi connectivity index (χ3n) is 5.67. The van der Waals surface area contributed by atoms with Crippen molar-refractivity contribution >= 4 is 23.3 Å². The zero-order valence-electron chi connectivity index (χ0n) is 18.9. The van der Waals surface area contributed by atoms with Gasteiger partial charge in [0.05, 0.1) is 6.42 Å². The molecule has 1 amide bonds. The summed E-state index contributed by atoms with van der Waals surface area (Å²) < 4.78 is 0. The number of amides is 1. The molecular weight excluding hydrogens is 458 g/mol. The van der Waals surface area contributed by atoms with E-state index in [-0.39, 0.29) is 12.3 Å². The van der Waals surface area contributed by atoms with Gasteiger partial charge in [-0.05, 0) is 40.5 Å². The van der Waals surface area contributed by atoms with Gasteiger partial charge in [-0.1, -0.05) is 108 Å². The Balaban J connectivity index is 2.10. The van der Waals surface area contributed by atoms with E-state index in [1.165, 1.54) is 0 Å². The van der Waals surface area contributed by atoms with Crippen LogP contribution in [-0.2, 0) is 16.8 Å². The Kier molecular flexibility index (Phi) is 7.33. The number of amidine groups is 1. The summed E-state index contributed by atoms with van der Waals surface area (Å²) in [6, 6.07) is 34.9. The van der Waals surface area contributed by atoms with Crippen molar-refractivity contribution in [3.63, 3.8) is 0 Å². The van der Waals surface area contributed by atoms with Crippen molar-refractivity contribution in [2.45, 2.75) is 12.0 Å². The number of benzene rings is 4. The number of hydrogen-bond donors (Lipinski definition) is 2. The first-order chi connectivity index (χ1) is 17.0. The van der Waals surface area contributed by atoms with Crippen LogP contribution in [0, 0.1) is 0 Å². The Hall–Kier alpha value is -4.29. The van der Waals surface area contributed by atoms with E-state index in [2.05, 4.69) is 10.3 Å². The first kappa shape index (κ1) is 23.9. The third-order valence-corrected chi connectivity index (χ3v) is 5.91. The van der Waals surface area contributed by atoms with E-state index in [0.29, 0.717) is 16.1 Å². The van der Waals surface area contributed by atoms with Crippen molar-refractivity contribution in [1.82, 2.24) is 0 Å². The van der Waals surface area contributed by atoms with Crippen LogP contribution in [0.2, 0.25) is 5.02 Å². The Morgan fingerprint density at radius 2 is 1.26 bits per heavy atom. The number of rotatable bonds is 7. The smallest absolute Gasteiger partial charge is 0.221 e. The number of primary amides is 1. The summed E-state index contributed by atoms with van der Waals surface area (Å²) in [4.78, 5) is 17.1. The quantitative estimate of drug-likeness (QED) is 0.0916. The van der Waals surface area contributed by atoms with E-state index >= 15 is 0 Å². The van der Waals surface area contributed by atoms with Gasteiger partial charge < -0.3 is 11.6 Å². The second-order valence-electron chi connectivity index (χ2n) is 7.90. The number of nitrogens with zero attached hydrogens (tertiary/aromatic N) is 3. The normalized spacial score (nSPS) is 12.1. The first-order valence-electron chi connectivity index (χ1n) is 11.0. The molecule has 4 rings (SSSR count). The van der Waals surface area contributed by atoms with Crippen LogP contribution in [0.1, 0.15) is 27.8 Å². The average Bonchev–Trinajstić information content (AvgIpc) is 2.88. The van der Waals surface area contributed by atoms with Gasteiger partial charge in [0.25, 0.3) is 0 Å². The van der Waals surface area contributed by atoms with Crippen molar-refractivity contribution in [2.75, 3.05) is 0 Å². The van der Waals surface area contributed by atoms with E-state index in [1.807, 2.05) is 91.0 Å². The highest BCUT2D eigenvalue weighted by Gasteiger charge is 2.37. The van der Waals surface area contributed by atoms with Crippen LogP contribution in [0.3, 0.4) is 0 Å². The summed E-state index contributed by atoms with van der Waals surface area (Å²) in [7, 11) is 0. The van der Waals surface area contributed by atoms with Gasteiger partial charge in [0, 0.05) is 10.6 Å². The van der Waals surface area contributed by atoms with Gasteiger partial charge in [-0.2, -0.15) is 0 Å².